The molecule has 28 heavy (non-hydrogen) atoms. The Bertz CT molecular complexity index is 1460. The molecule has 0 saturated heterocycles. The quantitative estimate of drug-likeness (QED) is 0.415. The van der Waals surface area contributed by atoms with Crippen LogP contribution in [-0.4, -0.2) is 19.5 Å². The van der Waals surface area contributed by atoms with E-state index in [4.69, 9.17) is 9.40 Å². The molecule has 6 aromatic rings. The molecule has 0 bridgehead atoms. The van der Waals surface area contributed by atoms with E-state index in [1.807, 2.05) is 77.5 Å². The third-order valence-electron chi connectivity index (χ3n) is 4.93. The second-order valence-electron chi connectivity index (χ2n) is 6.58. The molecule has 1 aromatic carbocycles. The smallest absolute Gasteiger partial charge is 0.216 e. The first-order valence-electron chi connectivity index (χ1n) is 9.06. The SMILES string of the molecule is c1ccc(-c2cccc(-n3c4cccnc4c4c5ccccc5oc43)n2)nc1. The number of para-hydroxylation sites is 1. The lowest BCUT2D eigenvalue weighted by Crippen LogP contribution is -1.98. The molecule has 0 aliphatic rings. The molecule has 0 unspecified atom stereocenters. The van der Waals surface area contributed by atoms with Crippen LogP contribution in [0.25, 0.3) is 50.3 Å². The summed E-state index contributed by atoms with van der Waals surface area (Å²) in [6.07, 6.45) is 3.59. The zero-order valence-electron chi connectivity index (χ0n) is 14.8. The van der Waals surface area contributed by atoms with Crippen LogP contribution in [0.1, 0.15) is 0 Å². The Morgan fingerprint density at radius 2 is 1.57 bits per heavy atom. The van der Waals surface area contributed by atoms with E-state index in [2.05, 4.69) is 16.0 Å². The van der Waals surface area contributed by atoms with Crippen LogP contribution >= 0.6 is 0 Å². The maximum atomic E-state index is 6.24. The number of nitrogens with zero attached hydrogens (tertiary/aromatic N) is 4. The first-order valence-corrected chi connectivity index (χ1v) is 9.06. The third-order valence-corrected chi connectivity index (χ3v) is 4.93. The molecule has 0 aliphatic carbocycles. The molecular formula is C23H14N4O. The number of pyridine rings is 3. The number of hydrogen-bond donors (Lipinski definition) is 0. The minimum Gasteiger partial charge on any atom is -0.439 e. The summed E-state index contributed by atoms with van der Waals surface area (Å²) >= 11 is 0. The molecule has 0 fully saturated rings. The van der Waals surface area contributed by atoms with Gasteiger partial charge in [0.2, 0.25) is 5.71 Å². The number of furan rings is 1. The monoisotopic (exact) mass is 362 g/mol. The Morgan fingerprint density at radius 1 is 0.714 bits per heavy atom. The van der Waals surface area contributed by atoms with Gasteiger partial charge >= 0.3 is 0 Å². The molecule has 132 valence electrons. The molecule has 5 aromatic heterocycles. The molecule has 0 radical (unpaired) electrons. The van der Waals surface area contributed by atoms with Crippen molar-refractivity contribution in [2.75, 3.05) is 0 Å². The van der Waals surface area contributed by atoms with Gasteiger partial charge in [0, 0.05) is 17.8 Å². The predicted molar refractivity (Wildman–Crippen MR) is 109 cm³/mol. The van der Waals surface area contributed by atoms with Crippen molar-refractivity contribution in [2.24, 2.45) is 0 Å². The summed E-state index contributed by atoms with van der Waals surface area (Å²) in [4.78, 5) is 13.9. The van der Waals surface area contributed by atoms with Gasteiger partial charge in [-0.15, -0.1) is 0 Å². The lowest BCUT2D eigenvalue weighted by Gasteiger charge is -2.07. The Morgan fingerprint density at radius 3 is 2.50 bits per heavy atom. The second kappa shape index (κ2) is 5.76. The molecule has 0 atom stereocenters. The highest BCUT2D eigenvalue weighted by molar-refractivity contribution is 6.18. The van der Waals surface area contributed by atoms with Gasteiger partial charge in [-0.3, -0.25) is 14.5 Å². The van der Waals surface area contributed by atoms with Crippen molar-refractivity contribution in [3.63, 3.8) is 0 Å². The van der Waals surface area contributed by atoms with Gasteiger partial charge in [0.25, 0.3) is 0 Å². The van der Waals surface area contributed by atoms with E-state index in [-0.39, 0.29) is 0 Å². The highest BCUT2D eigenvalue weighted by Crippen LogP contribution is 2.37. The minimum absolute atomic E-state index is 0.751. The highest BCUT2D eigenvalue weighted by atomic mass is 16.3. The fraction of sp³-hybridized carbons (Fsp3) is 0. The van der Waals surface area contributed by atoms with Crippen molar-refractivity contribution in [3.05, 3.63) is 85.2 Å². The van der Waals surface area contributed by atoms with Crippen LogP contribution in [0.15, 0.2) is 89.6 Å². The number of fused-ring (bicyclic) bond motifs is 5. The summed E-state index contributed by atoms with van der Waals surface area (Å²) in [6, 6.07) is 23.8. The van der Waals surface area contributed by atoms with Gasteiger partial charge in [-0.1, -0.05) is 30.3 Å². The molecule has 0 N–H and O–H groups in total. The summed E-state index contributed by atoms with van der Waals surface area (Å²) in [5.41, 5.74) is 5.11. The van der Waals surface area contributed by atoms with E-state index in [0.717, 1.165) is 50.3 Å². The summed E-state index contributed by atoms with van der Waals surface area (Å²) in [5, 5.41) is 2.07. The molecule has 0 aliphatic heterocycles. The van der Waals surface area contributed by atoms with Gasteiger partial charge in [0.1, 0.15) is 16.9 Å². The van der Waals surface area contributed by atoms with Gasteiger partial charge in [-0.05, 0) is 42.5 Å². The number of benzene rings is 1. The second-order valence-corrected chi connectivity index (χ2v) is 6.58. The summed E-state index contributed by atoms with van der Waals surface area (Å²) in [5.74, 6) is 0.773. The lowest BCUT2D eigenvalue weighted by molar-refractivity contribution is 0.644. The largest absolute Gasteiger partial charge is 0.439 e. The Balaban J connectivity index is 1.70. The molecule has 0 amide bonds. The zero-order valence-corrected chi connectivity index (χ0v) is 14.8. The maximum Gasteiger partial charge on any atom is 0.216 e. The summed E-state index contributed by atoms with van der Waals surface area (Å²) in [7, 11) is 0. The van der Waals surface area contributed by atoms with E-state index >= 15 is 0 Å². The first kappa shape index (κ1) is 15.1. The Labute approximate surface area is 159 Å². The average molecular weight is 362 g/mol. The molecule has 6 rings (SSSR count). The fourth-order valence-electron chi connectivity index (χ4n) is 3.73. The fourth-order valence-corrected chi connectivity index (χ4v) is 3.73. The molecule has 0 spiro atoms. The minimum atomic E-state index is 0.751. The van der Waals surface area contributed by atoms with Crippen LogP contribution in [0.5, 0.6) is 0 Å². The highest BCUT2D eigenvalue weighted by Gasteiger charge is 2.20. The normalized spacial score (nSPS) is 11.6. The zero-order chi connectivity index (χ0) is 18.5. The topological polar surface area (TPSA) is 56.7 Å². The van der Waals surface area contributed by atoms with Crippen LogP contribution in [0.3, 0.4) is 0 Å². The molecule has 5 nitrogen and oxygen atoms in total. The summed E-state index contributed by atoms with van der Waals surface area (Å²) in [6.45, 7) is 0. The van der Waals surface area contributed by atoms with Crippen molar-refractivity contribution >= 4 is 33.1 Å². The van der Waals surface area contributed by atoms with Gasteiger partial charge in [-0.25, -0.2) is 4.98 Å². The standard InChI is InChI=1S/C23H14N4O/c1-2-11-19-15(7-1)21-22-18(10-6-14-25-22)27(23(21)28-19)20-12-5-9-17(26-20)16-8-3-4-13-24-16/h1-14H. The van der Waals surface area contributed by atoms with E-state index in [9.17, 15) is 0 Å². The molecule has 5 heteroatoms. The van der Waals surface area contributed by atoms with Gasteiger partial charge in [-0.2, -0.15) is 0 Å². The van der Waals surface area contributed by atoms with Crippen molar-refractivity contribution in [1.29, 1.82) is 0 Å². The average Bonchev–Trinajstić information content (AvgIpc) is 3.29. The predicted octanol–water partition coefficient (Wildman–Crippen LogP) is 5.38. The van der Waals surface area contributed by atoms with Gasteiger partial charge in [0.05, 0.1) is 22.3 Å². The van der Waals surface area contributed by atoms with Crippen LogP contribution < -0.4 is 0 Å². The van der Waals surface area contributed by atoms with E-state index in [1.54, 1.807) is 6.20 Å². The van der Waals surface area contributed by atoms with Crippen molar-refractivity contribution in [2.45, 2.75) is 0 Å². The Hall–Kier alpha value is -3.99. The van der Waals surface area contributed by atoms with E-state index in [0.29, 0.717) is 0 Å². The van der Waals surface area contributed by atoms with E-state index in [1.165, 1.54) is 0 Å². The molecule has 0 saturated carbocycles. The molecular weight excluding hydrogens is 348 g/mol. The first-order chi connectivity index (χ1) is 13.9. The van der Waals surface area contributed by atoms with Crippen LogP contribution in [0.2, 0.25) is 0 Å². The Kier molecular flexibility index (Phi) is 3.10. The van der Waals surface area contributed by atoms with Crippen LogP contribution in [-0.2, 0) is 0 Å². The number of aromatic nitrogens is 4. The van der Waals surface area contributed by atoms with Crippen LogP contribution in [0, 0.1) is 0 Å². The lowest BCUT2D eigenvalue weighted by atomic mass is 10.2. The number of rotatable bonds is 2. The maximum absolute atomic E-state index is 6.24. The van der Waals surface area contributed by atoms with Crippen LogP contribution in [0.4, 0.5) is 0 Å². The van der Waals surface area contributed by atoms with Gasteiger partial charge < -0.3 is 4.42 Å². The number of hydrogen-bond acceptors (Lipinski definition) is 4. The van der Waals surface area contributed by atoms with Crippen molar-refractivity contribution in [1.82, 2.24) is 19.5 Å². The van der Waals surface area contributed by atoms with E-state index < -0.39 is 0 Å². The van der Waals surface area contributed by atoms with Crippen molar-refractivity contribution in [3.8, 4) is 17.2 Å². The summed E-state index contributed by atoms with van der Waals surface area (Å²) < 4.78 is 8.27. The van der Waals surface area contributed by atoms with Crippen molar-refractivity contribution < 1.29 is 4.42 Å². The van der Waals surface area contributed by atoms with Gasteiger partial charge in [0.15, 0.2) is 0 Å². The molecule has 5 heterocycles. The third kappa shape index (κ3) is 2.10.